The fourth-order valence-corrected chi connectivity index (χ4v) is 2.88. The first-order valence-corrected chi connectivity index (χ1v) is 5.73. The molecule has 2 N–H and O–H groups in total. The Balaban J connectivity index is 2.15. The third-order valence-corrected chi connectivity index (χ3v) is 3.88. The van der Waals surface area contributed by atoms with Gasteiger partial charge in [0, 0.05) is 13.0 Å². The quantitative estimate of drug-likeness (QED) is 0.723. The van der Waals surface area contributed by atoms with Crippen LogP contribution in [-0.4, -0.2) is 45.7 Å². The van der Waals surface area contributed by atoms with E-state index in [1.165, 1.54) is 0 Å². The molecule has 1 saturated carbocycles. The van der Waals surface area contributed by atoms with Crippen molar-refractivity contribution in [3.63, 3.8) is 0 Å². The molecule has 5 heteroatoms. The van der Waals surface area contributed by atoms with E-state index in [4.69, 9.17) is 5.11 Å². The summed E-state index contributed by atoms with van der Waals surface area (Å²) in [4.78, 5) is 24.3. The number of aliphatic hydroxyl groups excluding tert-OH is 1. The van der Waals surface area contributed by atoms with Crippen LogP contribution >= 0.6 is 0 Å². The molecule has 1 amide bonds. The van der Waals surface area contributed by atoms with Crippen LogP contribution in [0, 0.1) is 5.92 Å². The summed E-state index contributed by atoms with van der Waals surface area (Å²) in [5.41, 5.74) is -0.471. The van der Waals surface area contributed by atoms with Gasteiger partial charge in [-0.2, -0.15) is 0 Å². The summed E-state index contributed by atoms with van der Waals surface area (Å²) >= 11 is 0. The van der Waals surface area contributed by atoms with Crippen LogP contribution in [0.5, 0.6) is 0 Å². The topological polar surface area (TPSA) is 77.8 Å². The van der Waals surface area contributed by atoms with E-state index in [1.807, 2.05) is 0 Å². The van der Waals surface area contributed by atoms with E-state index in [0.717, 1.165) is 25.7 Å². The molecule has 0 aromatic heterocycles. The zero-order valence-electron chi connectivity index (χ0n) is 9.19. The van der Waals surface area contributed by atoms with Crippen molar-refractivity contribution < 1.29 is 19.8 Å². The molecule has 5 nitrogen and oxygen atoms in total. The standard InChI is InChI=1S/C11H17NO4/c13-7-11(3-1-2-4-11)12-6-8(10(15)16)5-9(12)14/h8,13H,1-7H2,(H,15,16). The molecule has 0 radical (unpaired) electrons. The first-order valence-electron chi connectivity index (χ1n) is 5.73. The Morgan fingerprint density at radius 3 is 2.50 bits per heavy atom. The third-order valence-electron chi connectivity index (χ3n) is 3.88. The predicted molar refractivity (Wildman–Crippen MR) is 55.7 cm³/mol. The fourth-order valence-electron chi connectivity index (χ4n) is 2.88. The number of aliphatic hydroxyl groups is 1. The van der Waals surface area contributed by atoms with Crippen molar-refractivity contribution in [3.05, 3.63) is 0 Å². The van der Waals surface area contributed by atoms with Gasteiger partial charge in [0.15, 0.2) is 0 Å². The molecular weight excluding hydrogens is 210 g/mol. The largest absolute Gasteiger partial charge is 0.481 e. The normalized spacial score (nSPS) is 28.7. The summed E-state index contributed by atoms with van der Waals surface area (Å²) in [6.45, 7) is 0.208. The minimum Gasteiger partial charge on any atom is -0.481 e. The number of hydrogen-bond acceptors (Lipinski definition) is 3. The molecule has 0 aromatic rings. The lowest BCUT2D eigenvalue weighted by Gasteiger charge is -2.37. The van der Waals surface area contributed by atoms with E-state index < -0.39 is 17.4 Å². The van der Waals surface area contributed by atoms with Crippen molar-refractivity contribution in [2.45, 2.75) is 37.6 Å². The summed E-state index contributed by atoms with van der Waals surface area (Å²) in [7, 11) is 0. The van der Waals surface area contributed by atoms with E-state index in [9.17, 15) is 14.7 Å². The number of amides is 1. The molecule has 1 unspecified atom stereocenters. The molecule has 0 bridgehead atoms. The first-order chi connectivity index (χ1) is 7.59. The van der Waals surface area contributed by atoms with Gasteiger partial charge in [0.05, 0.1) is 18.1 Å². The highest BCUT2D eigenvalue weighted by Gasteiger charge is 2.47. The Bertz CT molecular complexity index is 309. The van der Waals surface area contributed by atoms with E-state index in [0.29, 0.717) is 0 Å². The van der Waals surface area contributed by atoms with Crippen molar-refractivity contribution in [1.29, 1.82) is 0 Å². The highest BCUT2D eigenvalue weighted by molar-refractivity contribution is 5.86. The van der Waals surface area contributed by atoms with Crippen molar-refractivity contribution in [3.8, 4) is 0 Å². The SMILES string of the molecule is O=C(O)C1CC(=O)N(C2(CO)CCCC2)C1. The number of aliphatic carboxylic acids is 1. The number of nitrogens with zero attached hydrogens (tertiary/aromatic N) is 1. The third kappa shape index (κ3) is 1.69. The number of carbonyl (C=O) groups excluding carboxylic acids is 1. The van der Waals surface area contributed by atoms with E-state index in [2.05, 4.69) is 0 Å². The number of likely N-dealkylation sites (tertiary alicyclic amines) is 1. The molecule has 1 aliphatic carbocycles. The summed E-state index contributed by atoms with van der Waals surface area (Å²) in [6, 6.07) is 0. The second-order valence-corrected chi connectivity index (χ2v) is 4.83. The Morgan fingerprint density at radius 1 is 1.44 bits per heavy atom. The maximum atomic E-state index is 11.8. The lowest BCUT2D eigenvalue weighted by Crippen LogP contribution is -2.50. The monoisotopic (exact) mass is 227 g/mol. The molecule has 90 valence electrons. The average Bonchev–Trinajstić information content (AvgIpc) is 2.84. The van der Waals surface area contributed by atoms with E-state index in [-0.39, 0.29) is 25.5 Å². The van der Waals surface area contributed by atoms with Crippen LogP contribution in [0.4, 0.5) is 0 Å². The molecule has 1 saturated heterocycles. The molecule has 16 heavy (non-hydrogen) atoms. The fraction of sp³-hybridized carbons (Fsp3) is 0.818. The van der Waals surface area contributed by atoms with Crippen LogP contribution < -0.4 is 0 Å². The number of rotatable bonds is 3. The maximum Gasteiger partial charge on any atom is 0.308 e. The molecular formula is C11H17NO4. The van der Waals surface area contributed by atoms with Gasteiger partial charge in [-0.25, -0.2) is 0 Å². The summed E-state index contributed by atoms with van der Waals surface area (Å²) < 4.78 is 0. The van der Waals surface area contributed by atoms with Gasteiger partial charge in [-0.1, -0.05) is 12.8 Å². The lowest BCUT2D eigenvalue weighted by atomic mass is 9.96. The van der Waals surface area contributed by atoms with Crippen LogP contribution in [-0.2, 0) is 9.59 Å². The van der Waals surface area contributed by atoms with Crippen LogP contribution in [0.1, 0.15) is 32.1 Å². The molecule has 2 rings (SSSR count). The van der Waals surface area contributed by atoms with Crippen molar-refractivity contribution >= 4 is 11.9 Å². The highest BCUT2D eigenvalue weighted by atomic mass is 16.4. The maximum absolute atomic E-state index is 11.8. The molecule has 2 fully saturated rings. The molecule has 1 aliphatic heterocycles. The average molecular weight is 227 g/mol. The zero-order valence-corrected chi connectivity index (χ0v) is 9.19. The molecule has 1 heterocycles. The first kappa shape index (κ1) is 11.4. The van der Waals surface area contributed by atoms with Gasteiger partial charge >= 0.3 is 5.97 Å². The van der Waals surface area contributed by atoms with Gasteiger partial charge < -0.3 is 15.1 Å². The Kier molecular flexibility index (Phi) is 2.88. The minimum absolute atomic E-state index is 0.0505. The predicted octanol–water partition coefficient (Wildman–Crippen LogP) is 0.225. The summed E-state index contributed by atoms with van der Waals surface area (Å²) in [5.74, 6) is -1.64. The number of carboxylic acid groups (broad SMARTS) is 1. The van der Waals surface area contributed by atoms with Gasteiger partial charge in [-0.15, -0.1) is 0 Å². The summed E-state index contributed by atoms with van der Waals surface area (Å²) in [5, 5.41) is 18.4. The van der Waals surface area contributed by atoms with Gasteiger partial charge in [0.1, 0.15) is 0 Å². The van der Waals surface area contributed by atoms with E-state index >= 15 is 0 Å². The Hall–Kier alpha value is -1.10. The lowest BCUT2D eigenvalue weighted by molar-refractivity contribution is -0.141. The van der Waals surface area contributed by atoms with Crippen LogP contribution in [0.3, 0.4) is 0 Å². The number of hydrogen-bond donors (Lipinski definition) is 2. The van der Waals surface area contributed by atoms with Crippen LogP contribution in [0.2, 0.25) is 0 Å². The van der Waals surface area contributed by atoms with Crippen LogP contribution in [0.15, 0.2) is 0 Å². The minimum atomic E-state index is -0.915. The van der Waals surface area contributed by atoms with Gasteiger partial charge in [0.25, 0.3) is 0 Å². The number of carboxylic acids is 1. The second kappa shape index (κ2) is 4.05. The Morgan fingerprint density at radius 2 is 2.06 bits per heavy atom. The van der Waals surface area contributed by atoms with Crippen LogP contribution in [0.25, 0.3) is 0 Å². The van der Waals surface area contributed by atoms with Gasteiger partial charge in [0.2, 0.25) is 5.91 Å². The Labute approximate surface area is 94.0 Å². The summed E-state index contributed by atoms with van der Waals surface area (Å²) in [6.07, 6.45) is 3.67. The second-order valence-electron chi connectivity index (χ2n) is 4.83. The highest BCUT2D eigenvalue weighted by Crippen LogP contribution is 2.38. The smallest absolute Gasteiger partial charge is 0.308 e. The van der Waals surface area contributed by atoms with Crippen molar-refractivity contribution in [2.24, 2.45) is 5.92 Å². The molecule has 0 aromatic carbocycles. The molecule has 0 spiro atoms. The van der Waals surface area contributed by atoms with Gasteiger partial charge in [-0.3, -0.25) is 9.59 Å². The zero-order chi connectivity index (χ0) is 11.8. The van der Waals surface area contributed by atoms with Crippen molar-refractivity contribution in [1.82, 2.24) is 4.90 Å². The molecule has 1 atom stereocenters. The number of carbonyl (C=O) groups is 2. The van der Waals surface area contributed by atoms with Gasteiger partial charge in [-0.05, 0) is 12.8 Å². The molecule has 2 aliphatic rings. The van der Waals surface area contributed by atoms with Crippen molar-refractivity contribution in [2.75, 3.05) is 13.2 Å². The van der Waals surface area contributed by atoms with E-state index in [1.54, 1.807) is 4.90 Å².